The topological polar surface area (TPSA) is 53.6 Å². The third kappa shape index (κ3) is 3.68. The molecule has 19 heavy (non-hydrogen) atoms. The van der Waals surface area contributed by atoms with Crippen molar-refractivity contribution in [3.63, 3.8) is 0 Å². The Labute approximate surface area is 116 Å². The Bertz CT molecular complexity index is 290. The molecule has 1 amide bonds. The van der Waals surface area contributed by atoms with Crippen LogP contribution < -0.4 is 10.6 Å². The highest BCUT2D eigenvalue weighted by Gasteiger charge is 2.35. The lowest BCUT2D eigenvalue weighted by Crippen LogP contribution is -2.58. The van der Waals surface area contributed by atoms with Crippen LogP contribution in [0, 0.1) is 0 Å². The highest BCUT2D eigenvalue weighted by atomic mass is 16.5. The third-order valence-corrected chi connectivity index (χ3v) is 4.40. The van der Waals surface area contributed by atoms with Gasteiger partial charge in [-0.2, -0.15) is 0 Å². The Hall–Kier alpha value is -0.650. The Morgan fingerprint density at radius 2 is 2.05 bits per heavy atom. The Morgan fingerprint density at radius 3 is 2.68 bits per heavy atom. The number of nitrogens with zero attached hydrogens (tertiary/aromatic N) is 1. The van der Waals surface area contributed by atoms with Gasteiger partial charge in [0.2, 0.25) is 5.91 Å². The van der Waals surface area contributed by atoms with E-state index in [2.05, 4.69) is 15.5 Å². The second-order valence-electron chi connectivity index (χ2n) is 5.52. The maximum Gasteiger partial charge on any atom is 0.239 e. The van der Waals surface area contributed by atoms with Crippen LogP contribution in [0.4, 0.5) is 0 Å². The predicted octanol–water partition coefficient (Wildman–Crippen LogP) is 0.354. The van der Waals surface area contributed by atoms with Crippen molar-refractivity contribution in [2.24, 2.45) is 0 Å². The Kier molecular flexibility index (Phi) is 5.60. The number of likely N-dealkylation sites (N-methyl/N-ethyl adjacent to an activating group) is 1. The number of carbonyl (C=O) groups excluding carboxylic acids is 1. The summed E-state index contributed by atoms with van der Waals surface area (Å²) in [5, 5.41) is 6.29. The van der Waals surface area contributed by atoms with Crippen LogP contribution in [0.1, 0.15) is 32.6 Å². The van der Waals surface area contributed by atoms with Crippen LogP contribution in [-0.2, 0) is 9.53 Å². The molecule has 0 aromatic rings. The van der Waals surface area contributed by atoms with Gasteiger partial charge in [-0.15, -0.1) is 0 Å². The first kappa shape index (κ1) is 14.8. The highest BCUT2D eigenvalue weighted by molar-refractivity contribution is 5.82. The molecule has 1 aliphatic carbocycles. The zero-order chi connectivity index (χ0) is 13.7. The van der Waals surface area contributed by atoms with E-state index in [1.54, 1.807) is 0 Å². The van der Waals surface area contributed by atoms with Gasteiger partial charge in [0.05, 0.1) is 13.2 Å². The molecule has 1 saturated carbocycles. The normalized spacial score (nSPS) is 33.1. The summed E-state index contributed by atoms with van der Waals surface area (Å²) in [6.45, 7) is 4.83. The van der Waals surface area contributed by atoms with E-state index in [-0.39, 0.29) is 11.9 Å². The van der Waals surface area contributed by atoms with Crippen molar-refractivity contribution < 1.29 is 9.53 Å². The van der Waals surface area contributed by atoms with E-state index in [4.69, 9.17) is 4.74 Å². The molecule has 2 rings (SSSR count). The van der Waals surface area contributed by atoms with Gasteiger partial charge in [-0.3, -0.25) is 9.69 Å². The van der Waals surface area contributed by atoms with Crippen molar-refractivity contribution in [2.75, 3.05) is 33.4 Å². The molecule has 1 atom stereocenters. The van der Waals surface area contributed by atoms with Crippen molar-refractivity contribution in [3.8, 4) is 0 Å². The minimum Gasteiger partial charge on any atom is -0.378 e. The summed E-state index contributed by atoms with van der Waals surface area (Å²) in [4.78, 5) is 14.5. The number of carbonyl (C=O) groups is 1. The molecule has 110 valence electrons. The first-order valence-corrected chi connectivity index (χ1v) is 7.54. The molecule has 0 spiro atoms. The summed E-state index contributed by atoms with van der Waals surface area (Å²) < 4.78 is 5.50. The molecule has 2 fully saturated rings. The summed E-state index contributed by atoms with van der Waals surface area (Å²) in [7, 11) is 2.04. The van der Waals surface area contributed by atoms with Gasteiger partial charge in [0, 0.05) is 25.2 Å². The summed E-state index contributed by atoms with van der Waals surface area (Å²) >= 11 is 0. The zero-order valence-corrected chi connectivity index (χ0v) is 12.2. The number of hydrogen-bond acceptors (Lipinski definition) is 4. The van der Waals surface area contributed by atoms with Crippen LogP contribution >= 0.6 is 0 Å². The van der Waals surface area contributed by atoms with Gasteiger partial charge >= 0.3 is 0 Å². The Morgan fingerprint density at radius 1 is 1.32 bits per heavy atom. The third-order valence-electron chi connectivity index (χ3n) is 4.40. The minimum atomic E-state index is -0.0927. The van der Waals surface area contributed by atoms with Gasteiger partial charge in [-0.25, -0.2) is 0 Å². The van der Waals surface area contributed by atoms with Gasteiger partial charge in [-0.05, 0) is 39.7 Å². The van der Waals surface area contributed by atoms with E-state index in [0.29, 0.717) is 25.2 Å². The van der Waals surface area contributed by atoms with E-state index in [9.17, 15) is 4.79 Å². The smallest absolute Gasteiger partial charge is 0.239 e. The molecule has 1 aliphatic heterocycles. The second-order valence-corrected chi connectivity index (χ2v) is 5.52. The van der Waals surface area contributed by atoms with Crippen molar-refractivity contribution in [3.05, 3.63) is 0 Å². The average Bonchev–Trinajstić information content (AvgIpc) is 2.47. The fourth-order valence-corrected chi connectivity index (χ4v) is 3.27. The van der Waals surface area contributed by atoms with Crippen LogP contribution in [0.2, 0.25) is 0 Å². The van der Waals surface area contributed by atoms with Crippen LogP contribution in [0.15, 0.2) is 0 Å². The van der Waals surface area contributed by atoms with Gasteiger partial charge in [0.1, 0.15) is 6.04 Å². The highest BCUT2D eigenvalue weighted by Crippen LogP contribution is 2.25. The first-order valence-electron chi connectivity index (χ1n) is 7.54. The van der Waals surface area contributed by atoms with E-state index in [1.807, 2.05) is 14.0 Å². The number of hydrogen-bond donors (Lipinski definition) is 2. The lowest BCUT2D eigenvalue weighted by Gasteiger charge is -2.42. The number of amides is 1. The molecule has 0 bridgehead atoms. The van der Waals surface area contributed by atoms with Gasteiger partial charge in [0.25, 0.3) is 0 Å². The van der Waals surface area contributed by atoms with E-state index < -0.39 is 0 Å². The molecule has 2 aliphatic rings. The standard InChI is InChI=1S/C14H27N3O2/c1-3-16-14(18)13-10-19-9-8-17(13)12-6-4-11(15-2)5-7-12/h11-13,15H,3-10H2,1-2H3,(H,16,18). The van der Waals surface area contributed by atoms with Gasteiger partial charge < -0.3 is 15.4 Å². The van der Waals surface area contributed by atoms with E-state index in [0.717, 1.165) is 13.2 Å². The quantitative estimate of drug-likeness (QED) is 0.773. The molecule has 0 aromatic heterocycles. The van der Waals surface area contributed by atoms with Crippen molar-refractivity contribution in [1.82, 2.24) is 15.5 Å². The molecular weight excluding hydrogens is 242 g/mol. The fourth-order valence-electron chi connectivity index (χ4n) is 3.27. The minimum absolute atomic E-state index is 0.0927. The molecule has 1 saturated heterocycles. The monoisotopic (exact) mass is 269 g/mol. The maximum atomic E-state index is 12.1. The van der Waals surface area contributed by atoms with E-state index in [1.165, 1.54) is 25.7 Å². The lowest BCUT2D eigenvalue weighted by molar-refractivity contribution is -0.135. The maximum absolute atomic E-state index is 12.1. The van der Waals surface area contributed by atoms with Crippen LogP contribution in [0.5, 0.6) is 0 Å². The molecule has 0 aromatic carbocycles. The molecular formula is C14H27N3O2. The number of morpholine rings is 1. The second kappa shape index (κ2) is 7.22. The number of ether oxygens (including phenoxy) is 1. The SMILES string of the molecule is CCNC(=O)C1COCCN1C1CCC(NC)CC1. The Balaban J connectivity index is 1.94. The van der Waals surface area contributed by atoms with Crippen LogP contribution in [-0.4, -0.2) is 62.3 Å². The molecule has 5 heteroatoms. The van der Waals surface area contributed by atoms with Crippen molar-refractivity contribution in [1.29, 1.82) is 0 Å². The largest absolute Gasteiger partial charge is 0.378 e. The summed E-state index contributed by atoms with van der Waals surface area (Å²) in [6.07, 6.45) is 4.78. The summed E-state index contributed by atoms with van der Waals surface area (Å²) in [5.41, 5.74) is 0. The lowest BCUT2D eigenvalue weighted by atomic mass is 9.89. The van der Waals surface area contributed by atoms with Crippen LogP contribution in [0.3, 0.4) is 0 Å². The average molecular weight is 269 g/mol. The molecule has 1 unspecified atom stereocenters. The van der Waals surface area contributed by atoms with E-state index >= 15 is 0 Å². The number of rotatable bonds is 4. The van der Waals surface area contributed by atoms with Gasteiger partial charge in [0.15, 0.2) is 0 Å². The zero-order valence-electron chi connectivity index (χ0n) is 12.2. The van der Waals surface area contributed by atoms with Crippen molar-refractivity contribution in [2.45, 2.75) is 50.7 Å². The first-order chi connectivity index (χ1) is 9.26. The number of nitrogens with one attached hydrogen (secondary N) is 2. The molecule has 0 radical (unpaired) electrons. The fraction of sp³-hybridized carbons (Fsp3) is 0.929. The van der Waals surface area contributed by atoms with Crippen LogP contribution in [0.25, 0.3) is 0 Å². The predicted molar refractivity (Wildman–Crippen MR) is 75.1 cm³/mol. The summed E-state index contributed by atoms with van der Waals surface area (Å²) in [5.74, 6) is 0.123. The molecule has 2 N–H and O–H groups in total. The van der Waals surface area contributed by atoms with Gasteiger partial charge in [-0.1, -0.05) is 0 Å². The molecule has 1 heterocycles. The van der Waals surface area contributed by atoms with Crippen molar-refractivity contribution >= 4 is 5.91 Å². The molecule has 5 nitrogen and oxygen atoms in total. The summed E-state index contributed by atoms with van der Waals surface area (Å²) in [6, 6.07) is 1.10.